The average molecular weight is 493 g/mol. The van der Waals surface area contributed by atoms with Gasteiger partial charge in [-0.1, -0.05) is 18.7 Å². The number of allylic oxidation sites excluding steroid dienone is 5. The maximum absolute atomic E-state index is 12.9. The Bertz CT molecular complexity index is 1190. The second-order valence-corrected chi connectivity index (χ2v) is 10.5. The molecule has 0 bridgehead atoms. The molecule has 7 heteroatoms. The maximum Gasteiger partial charge on any atom is 0.266 e. The highest BCUT2D eigenvalue weighted by molar-refractivity contribution is 8.06. The molecule has 2 amide bonds. The molecule has 2 aromatic rings. The van der Waals surface area contributed by atoms with Crippen molar-refractivity contribution in [2.24, 2.45) is 0 Å². The second kappa shape index (κ2) is 11.0. The van der Waals surface area contributed by atoms with Crippen LogP contribution in [0.2, 0.25) is 0 Å². The van der Waals surface area contributed by atoms with Crippen molar-refractivity contribution in [1.82, 2.24) is 4.98 Å². The lowest BCUT2D eigenvalue weighted by molar-refractivity contribution is -0.117. The molecule has 3 aliphatic rings. The molecule has 0 atom stereocenters. The fourth-order valence-corrected chi connectivity index (χ4v) is 5.25. The number of aromatic nitrogens is 1. The van der Waals surface area contributed by atoms with E-state index in [0.29, 0.717) is 11.4 Å². The minimum absolute atomic E-state index is 0. The molecule has 6 nitrogen and oxygen atoms in total. The molecule has 35 heavy (non-hydrogen) atoms. The Morgan fingerprint density at radius 2 is 1.80 bits per heavy atom. The molecule has 4 heterocycles. The first-order valence-electron chi connectivity index (χ1n) is 12.0. The standard InChI is InChI=1S/C21H22N4O2.C7H10S.2H2/c1-14(2)23-16-5-8-19(22-13-16)25-20(26)12-15-11-17(24-9-3-4-10-24)6-7-18(15)21(25)27;1-6-4-3-5-7(2)8-6;;/h5-8,11,13,23H,1,3-4,9-10,12H2,2H3;4-5H,3H2,1-2H3;2*1H. The zero-order valence-electron chi connectivity index (χ0n) is 20.6. The molecule has 186 valence electrons. The Labute approximate surface area is 214 Å². The number of amides is 2. The zero-order valence-corrected chi connectivity index (χ0v) is 21.5. The number of anilines is 3. The molecule has 5 rings (SSSR count). The van der Waals surface area contributed by atoms with Crippen LogP contribution in [0, 0.1) is 0 Å². The van der Waals surface area contributed by atoms with Crippen LogP contribution in [0.3, 0.4) is 0 Å². The molecule has 1 fully saturated rings. The Morgan fingerprint density at radius 1 is 1.09 bits per heavy atom. The van der Waals surface area contributed by atoms with Crippen LogP contribution in [0.25, 0.3) is 0 Å². The quantitative estimate of drug-likeness (QED) is 0.475. The van der Waals surface area contributed by atoms with Crippen molar-refractivity contribution in [2.75, 3.05) is 28.2 Å². The average Bonchev–Trinajstić information content (AvgIpc) is 3.35. The third-order valence-corrected chi connectivity index (χ3v) is 7.03. The van der Waals surface area contributed by atoms with Gasteiger partial charge in [0.2, 0.25) is 5.91 Å². The van der Waals surface area contributed by atoms with Gasteiger partial charge in [0.15, 0.2) is 0 Å². The zero-order chi connectivity index (χ0) is 24.9. The number of thioether (sulfide) groups is 1. The van der Waals surface area contributed by atoms with Gasteiger partial charge in [-0.25, -0.2) is 9.88 Å². The van der Waals surface area contributed by atoms with E-state index >= 15 is 0 Å². The summed E-state index contributed by atoms with van der Waals surface area (Å²) in [4.78, 5) is 36.3. The van der Waals surface area contributed by atoms with E-state index in [1.165, 1.54) is 27.6 Å². The van der Waals surface area contributed by atoms with Gasteiger partial charge in [0, 0.05) is 32.9 Å². The highest BCUT2D eigenvalue weighted by Gasteiger charge is 2.33. The third-order valence-electron chi connectivity index (χ3n) is 6.05. The summed E-state index contributed by atoms with van der Waals surface area (Å²) in [5.74, 6) is -0.229. The van der Waals surface area contributed by atoms with Crippen LogP contribution < -0.4 is 15.1 Å². The third kappa shape index (κ3) is 6.03. The molecule has 0 saturated carbocycles. The highest BCUT2D eigenvalue weighted by atomic mass is 32.2. The van der Waals surface area contributed by atoms with Crippen LogP contribution in [0.1, 0.15) is 58.8 Å². The van der Waals surface area contributed by atoms with Crippen molar-refractivity contribution in [1.29, 1.82) is 0 Å². The molecular formula is C28H36N4O2S. The van der Waals surface area contributed by atoms with Gasteiger partial charge in [-0.15, -0.1) is 11.8 Å². The number of nitrogens with one attached hydrogen (secondary N) is 1. The summed E-state index contributed by atoms with van der Waals surface area (Å²) >= 11 is 1.86. The Hall–Kier alpha value is -3.32. The fraction of sp³-hybridized carbons (Fsp3) is 0.321. The van der Waals surface area contributed by atoms with Crippen LogP contribution in [0.15, 0.2) is 70.8 Å². The lowest BCUT2D eigenvalue weighted by Gasteiger charge is -2.27. The largest absolute Gasteiger partial charge is 0.372 e. The topological polar surface area (TPSA) is 65.5 Å². The molecule has 0 spiro atoms. The molecule has 0 radical (unpaired) electrons. The SMILES string of the molecule is C=C(C)Nc1ccc(N2C(=O)Cc3cc(N4CCCC4)ccc3C2=O)nc1.CC1=CCC=C(C)S1.[HH].[HH]. The molecule has 0 unspecified atom stereocenters. The predicted molar refractivity (Wildman–Crippen MR) is 150 cm³/mol. The summed E-state index contributed by atoms with van der Waals surface area (Å²) in [5.41, 5.74) is 4.01. The lowest BCUT2D eigenvalue weighted by atomic mass is 9.97. The molecule has 3 aliphatic heterocycles. The van der Waals surface area contributed by atoms with E-state index < -0.39 is 0 Å². The Morgan fingerprint density at radius 3 is 2.37 bits per heavy atom. The van der Waals surface area contributed by atoms with Gasteiger partial charge in [0.05, 0.1) is 18.3 Å². The first-order chi connectivity index (χ1) is 16.8. The van der Waals surface area contributed by atoms with Crippen LogP contribution in [0.4, 0.5) is 17.2 Å². The summed E-state index contributed by atoms with van der Waals surface area (Å²) in [6.45, 7) is 12.0. The Balaban J connectivity index is 0.000000415. The summed E-state index contributed by atoms with van der Waals surface area (Å²) in [7, 11) is 0. The number of benzene rings is 1. The highest BCUT2D eigenvalue weighted by Crippen LogP contribution is 2.30. The number of rotatable bonds is 4. The number of carbonyl (C=O) groups is 2. The van der Waals surface area contributed by atoms with Crippen LogP contribution >= 0.6 is 11.8 Å². The van der Waals surface area contributed by atoms with E-state index in [9.17, 15) is 9.59 Å². The van der Waals surface area contributed by atoms with Crippen molar-refractivity contribution < 1.29 is 12.4 Å². The number of imide groups is 1. The van der Waals surface area contributed by atoms with Crippen molar-refractivity contribution in [3.05, 3.63) is 81.9 Å². The fourth-order valence-electron chi connectivity index (χ4n) is 4.38. The van der Waals surface area contributed by atoms with Gasteiger partial charge in [-0.05, 0) is 85.7 Å². The van der Waals surface area contributed by atoms with Crippen LogP contribution in [0.5, 0.6) is 0 Å². The Kier molecular flexibility index (Phi) is 7.76. The molecule has 1 aromatic heterocycles. The van der Waals surface area contributed by atoms with Gasteiger partial charge in [0.1, 0.15) is 5.82 Å². The lowest BCUT2D eigenvalue weighted by Crippen LogP contribution is -2.43. The van der Waals surface area contributed by atoms with Gasteiger partial charge >= 0.3 is 0 Å². The van der Waals surface area contributed by atoms with Crippen LogP contribution in [-0.2, 0) is 11.2 Å². The number of hydrogen-bond donors (Lipinski definition) is 1. The smallest absolute Gasteiger partial charge is 0.266 e. The number of pyridine rings is 1. The van der Waals surface area contributed by atoms with E-state index in [4.69, 9.17) is 0 Å². The molecule has 1 saturated heterocycles. The van der Waals surface area contributed by atoms with Gasteiger partial charge in [-0.2, -0.15) is 0 Å². The summed E-state index contributed by atoms with van der Waals surface area (Å²) < 4.78 is 0. The van der Waals surface area contributed by atoms with E-state index in [0.717, 1.165) is 42.1 Å². The van der Waals surface area contributed by atoms with E-state index in [1.807, 2.05) is 36.9 Å². The van der Waals surface area contributed by atoms with E-state index in [-0.39, 0.29) is 21.1 Å². The van der Waals surface area contributed by atoms with Gasteiger partial charge < -0.3 is 10.2 Å². The summed E-state index contributed by atoms with van der Waals surface area (Å²) in [5, 5.41) is 3.06. The number of fused-ring (bicyclic) bond motifs is 1. The minimum atomic E-state index is -0.317. The van der Waals surface area contributed by atoms with Crippen molar-refractivity contribution in [2.45, 2.75) is 46.5 Å². The van der Waals surface area contributed by atoms with E-state index in [1.54, 1.807) is 18.3 Å². The summed E-state index contributed by atoms with van der Waals surface area (Å²) in [6.07, 6.45) is 9.79. The minimum Gasteiger partial charge on any atom is -0.372 e. The van der Waals surface area contributed by atoms with Crippen molar-refractivity contribution >= 4 is 40.8 Å². The van der Waals surface area contributed by atoms with Crippen molar-refractivity contribution in [3.8, 4) is 0 Å². The predicted octanol–water partition coefficient (Wildman–Crippen LogP) is 6.78. The van der Waals surface area contributed by atoms with Crippen LogP contribution in [-0.4, -0.2) is 29.9 Å². The monoisotopic (exact) mass is 492 g/mol. The molecule has 1 N–H and O–H groups in total. The van der Waals surface area contributed by atoms with E-state index in [2.05, 4.69) is 47.8 Å². The summed E-state index contributed by atoms with van der Waals surface area (Å²) in [6, 6.07) is 9.25. The van der Waals surface area contributed by atoms with Crippen molar-refractivity contribution in [3.63, 3.8) is 0 Å². The normalized spacial score (nSPS) is 17.2. The maximum atomic E-state index is 12.9. The number of carbonyl (C=O) groups excluding carboxylic acids is 2. The molecule has 1 aromatic carbocycles. The number of hydrogen-bond acceptors (Lipinski definition) is 6. The molecule has 0 aliphatic carbocycles. The molecular weight excluding hydrogens is 456 g/mol. The first-order valence-corrected chi connectivity index (χ1v) is 12.8. The van der Waals surface area contributed by atoms with Gasteiger partial charge in [0.25, 0.3) is 5.91 Å². The first kappa shape index (κ1) is 24.8. The van der Waals surface area contributed by atoms with Gasteiger partial charge in [-0.3, -0.25) is 9.59 Å². The second-order valence-electron chi connectivity index (χ2n) is 9.02. The number of nitrogens with zero attached hydrogens (tertiary/aromatic N) is 3.